The maximum Gasteiger partial charge on any atom is 0.160 e. The van der Waals surface area contributed by atoms with Crippen LogP contribution in [0, 0.1) is 0 Å². The molecule has 0 fully saturated rings. The molecule has 0 saturated heterocycles. The molecule has 0 unspecified atom stereocenters. The van der Waals surface area contributed by atoms with E-state index in [0.717, 1.165) is 23.8 Å². The van der Waals surface area contributed by atoms with Crippen LogP contribution in [0.1, 0.15) is 5.56 Å². The van der Waals surface area contributed by atoms with Crippen LogP contribution in [0.25, 0.3) is 17.2 Å². The highest BCUT2D eigenvalue weighted by molar-refractivity contribution is 5.48. The summed E-state index contributed by atoms with van der Waals surface area (Å²) in [5, 5.41) is 4.23. The molecule has 0 aliphatic rings. The molecule has 0 spiro atoms. The second-order valence-electron chi connectivity index (χ2n) is 5.09. The van der Waals surface area contributed by atoms with Crippen molar-refractivity contribution in [2.75, 3.05) is 0 Å². The Labute approximate surface area is 133 Å². The summed E-state index contributed by atoms with van der Waals surface area (Å²) in [5.41, 5.74) is 2.99. The van der Waals surface area contributed by atoms with Crippen molar-refractivity contribution in [1.82, 2.24) is 29.3 Å². The van der Waals surface area contributed by atoms with Crippen molar-refractivity contribution in [3.05, 3.63) is 79.3 Å². The van der Waals surface area contributed by atoms with Gasteiger partial charge in [0.05, 0.1) is 11.9 Å². The standard InChI is InChI=1S/C17H14N6/c1-6-21-23(10-1)15-4-2-14(3-5-15)13-22-11-9-20-17(22)16-12-18-7-8-19-16/h1-12H,13H2. The molecule has 3 heterocycles. The van der Waals surface area contributed by atoms with Crippen molar-refractivity contribution in [1.29, 1.82) is 0 Å². The van der Waals surface area contributed by atoms with Crippen molar-refractivity contribution < 1.29 is 0 Å². The molecule has 4 aromatic rings. The first-order chi connectivity index (χ1) is 11.4. The highest BCUT2D eigenvalue weighted by Crippen LogP contribution is 2.16. The van der Waals surface area contributed by atoms with E-state index in [1.165, 1.54) is 5.56 Å². The number of benzene rings is 1. The molecule has 4 rings (SSSR count). The molecular weight excluding hydrogens is 288 g/mol. The van der Waals surface area contributed by atoms with Crippen molar-refractivity contribution in [3.63, 3.8) is 0 Å². The Morgan fingerprint density at radius 2 is 1.78 bits per heavy atom. The van der Waals surface area contributed by atoms with Gasteiger partial charge < -0.3 is 4.57 Å². The van der Waals surface area contributed by atoms with Crippen molar-refractivity contribution >= 4 is 0 Å². The lowest BCUT2D eigenvalue weighted by Gasteiger charge is -2.08. The van der Waals surface area contributed by atoms with Crippen molar-refractivity contribution in [2.45, 2.75) is 6.54 Å². The third-order valence-corrected chi connectivity index (χ3v) is 3.57. The fourth-order valence-electron chi connectivity index (χ4n) is 2.46. The van der Waals surface area contributed by atoms with Gasteiger partial charge in [-0.15, -0.1) is 0 Å². The van der Waals surface area contributed by atoms with E-state index in [4.69, 9.17) is 0 Å². The zero-order chi connectivity index (χ0) is 15.5. The Hall–Kier alpha value is -3.28. The second kappa shape index (κ2) is 5.84. The lowest BCUT2D eigenvalue weighted by atomic mass is 10.2. The number of nitrogens with zero attached hydrogens (tertiary/aromatic N) is 6. The summed E-state index contributed by atoms with van der Waals surface area (Å²) in [6, 6.07) is 10.2. The lowest BCUT2D eigenvalue weighted by molar-refractivity contribution is 0.800. The highest BCUT2D eigenvalue weighted by atomic mass is 15.3. The van der Waals surface area contributed by atoms with Crippen LogP contribution in [-0.2, 0) is 6.54 Å². The van der Waals surface area contributed by atoms with Gasteiger partial charge in [-0.25, -0.2) is 14.6 Å². The summed E-state index contributed by atoms with van der Waals surface area (Å²) in [6.07, 6.45) is 12.5. The van der Waals surface area contributed by atoms with Gasteiger partial charge in [-0.1, -0.05) is 12.1 Å². The first-order valence-electron chi connectivity index (χ1n) is 7.26. The molecule has 0 aliphatic heterocycles. The minimum absolute atomic E-state index is 0.727. The van der Waals surface area contributed by atoms with Gasteiger partial charge in [0.25, 0.3) is 0 Å². The number of hydrogen-bond acceptors (Lipinski definition) is 4. The number of aromatic nitrogens is 6. The third-order valence-electron chi connectivity index (χ3n) is 3.57. The van der Waals surface area contributed by atoms with E-state index < -0.39 is 0 Å². The van der Waals surface area contributed by atoms with E-state index in [1.807, 2.05) is 23.1 Å². The summed E-state index contributed by atoms with van der Waals surface area (Å²) >= 11 is 0. The Morgan fingerprint density at radius 1 is 0.870 bits per heavy atom. The summed E-state index contributed by atoms with van der Waals surface area (Å²) in [6.45, 7) is 0.727. The van der Waals surface area contributed by atoms with Gasteiger partial charge in [-0.2, -0.15) is 5.10 Å². The van der Waals surface area contributed by atoms with Crippen LogP contribution >= 0.6 is 0 Å². The van der Waals surface area contributed by atoms with Crippen LogP contribution < -0.4 is 0 Å². The molecule has 0 amide bonds. The van der Waals surface area contributed by atoms with E-state index >= 15 is 0 Å². The van der Waals surface area contributed by atoms with Crippen LogP contribution in [0.15, 0.2) is 73.7 Å². The van der Waals surface area contributed by atoms with Crippen molar-refractivity contribution in [2.24, 2.45) is 0 Å². The first kappa shape index (κ1) is 13.4. The molecule has 0 atom stereocenters. The fourth-order valence-corrected chi connectivity index (χ4v) is 2.46. The van der Waals surface area contributed by atoms with Gasteiger partial charge in [0.15, 0.2) is 5.82 Å². The van der Waals surface area contributed by atoms with Crippen LogP contribution in [0.5, 0.6) is 0 Å². The predicted molar refractivity (Wildman–Crippen MR) is 85.9 cm³/mol. The quantitative estimate of drug-likeness (QED) is 0.581. The lowest BCUT2D eigenvalue weighted by Crippen LogP contribution is -2.03. The highest BCUT2D eigenvalue weighted by Gasteiger charge is 2.08. The zero-order valence-electron chi connectivity index (χ0n) is 12.3. The Balaban J connectivity index is 1.59. The minimum atomic E-state index is 0.727. The van der Waals surface area contributed by atoms with Crippen LogP contribution in [-0.4, -0.2) is 29.3 Å². The number of imidazole rings is 1. The summed E-state index contributed by atoms with van der Waals surface area (Å²) in [5.74, 6) is 0.814. The zero-order valence-corrected chi connectivity index (χ0v) is 12.3. The van der Waals surface area contributed by atoms with Crippen molar-refractivity contribution in [3.8, 4) is 17.2 Å². The van der Waals surface area contributed by atoms with Gasteiger partial charge >= 0.3 is 0 Å². The average Bonchev–Trinajstić information content (AvgIpc) is 3.28. The first-order valence-corrected chi connectivity index (χ1v) is 7.26. The second-order valence-corrected chi connectivity index (χ2v) is 5.09. The Bertz CT molecular complexity index is 879. The molecule has 23 heavy (non-hydrogen) atoms. The molecule has 1 aromatic carbocycles. The monoisotopic (exact) mass is 302 g/mol. The largest absolute Gasteiger partial charge is 0.325 e. The molecule has 3 aromatic heterocycles. The minimum Gasteiger partial charge on any atom is -0.325 e. The normalized spacial score (nSPS) is 10.8. The van der Waals surface area contributed by atoms with Gasteiger partial charge in [-0.3, -0.25) is 4.98 Å². The van der Waals surface area contributed by atoms with E-state index in [1.54, 1.807) is 31.0 Å². The molecule has 6 nitrogen and oxygen atoms in total. The average molecular weight is 302 g/mol. The SMILES string of the molecule is c1cnn(-c2ccc(Cn3ccnc3-c3cnccn3)cc2)c1. The summed E-state index contributed by atoms with van der Waals surface area (Å²) in [7, 11) is 0. The van der Waals surface area contributed by atoms with E-state index in [9.17, 15) is 0 Å². The molecule has 112 valence electrons. The molecular formula is C17H14N6. The smallest absolute Gasteiger partial charge is 0.160 e. The van der Waals surface area contributed by atoms with Crippen LogP contribution in [0.2, 0.25) is 0 Å². The molecule has 0 radical (unpaired) electrons. The summed E-state index contributed by atoms with van der Waals surface area (Å²) < 4.78 is 3.90. The predicted octanol–water partition coefficient (Wildman–Crippen LogP) is 2.57. The van der Waals surface area contributed by atoms with Gasteiger partial charge in [0.1, 0.15) is 5.69 Å². The Kier molecular flexibility index (Phi) is 3.40. The van der Waals surface area contributed by atoms with Crippen LogP contribution in [0.3, 0.4) is 0 Å². The number of hydrogen-bond donors (Lipinski definition) is 0. The molecule has 0 saturated carbocycles. The number of rotatable bonds is 4. The van der Waals surface area contributed by atoms with E-state index in [2.05, 4.69) is 48.9 Å². The van der Waals surface area contributed by atoms with Gasteiger partial charge in [-0.05, 0) is 23.8 Å². The van der Waals surface area contributed by atoms with E-state index in [-0.39, 0.29) is 0 Å². The summed E-state index contributed by atoms with van der Waals surface area (Å²) in [4.78, 5) is 12.8. The van der Waals surface area contributed by atoms with E-state index in [0.29, 0.717) is 0 Å². The van der Waals surface area contributed by atoms with Gasteiger partial charge in [0.2, 0.25) is 0 Å². The topological polar surface area (TPSA) is 61.4 Å². The molecule has 0 aliphatic carbocycles. The molecule has 6 heteroatoms. The third kappa shape index (κ3) is 2.74. The molecule has 0 N–H and O–H groups in total. The fraction of sp³-hybridized carbons (Fsp3) is 0.0588. The maximum absolute atomic E-state index is 4.39. The Morgan fingerprint density at radius 3 is 2.52 bits per heavy atom. The molecule has 0 bridgehead atoms. The maximum atomic E-state index is 4.39. The van der Waals surface area contributed by atoms with Gasteiger partial charge in [0, 0.05) is 43.7 Å². The van der Waals surface area contributed by atoms with Crippen LogP contribution in [0.4, 0.5) is 0 Å².